The van der Waals surface area contributed by atoms with E-state index in [-0.39, 0.29) is 17.1 Å². The van der Waals surface area contributed by atoms with Crippen molar-refractivity contribution in [2.24, 2.45) is 0 Å². The van der Waals surface area contributed by atoms with Crippen molar-refractivity contribution in [1.29, 1.82) is 0 Å². The molecule has 2 aromatic carbocycles. The topological polar surface area (TPSA) is 61.7 Å². The van der Waals surface area contributed by atoms with Crippen molar-refractivity contribution in [2.45, 2.75) is 99.1 Å². The number of para-hydroxylation sites is 2. The second-order valence-corrected chi connectivity index (χ2v) is 14.7. The second-order valence-electron chi connectivity index (χ2n) is 13.6. The first kappa shape index (κ1) is 30.9. The molecule has 4 atom stereocenters. The number of hydrogen-bond donors (Lipinski definition) is 0. The fourth-order valence-electron chi connectivity index (χ4n) is 9.07. The first-order valence-corrected chi connectivity index (χ1v) is 17.4. The molecule has 0 radical (unpaired) electrons. The molecule has 4 aliphatic rings. The van der Waals surface area contributed by atoms with Gasteiger partial charge in [0.1, 0.15) is 17.7 Å². The van der Waals surface area contributed by atoms with Crippen molar-refractivity contribution >= 4 is 46.0 Å². The van der Waals surface area contributed by atoms with Gasteiger partial charge in [-0.25, -0.2) is 9.37 Å². The molecule has 2 amide bonds. The predicted molar refractivity (Wildman–Crippen MR) is 175 cm³/mol. The molecule has 0 spiro atoms. The van der Waals surface area contributed by atoms with Gasteiger partial charge in [-0.05, 0) is 106 Å². The lowest BCUT2D eigenvalue weighted by atomic mass is 9.70. The van der Waals surface area contributed by atoms with Crippen LogP contribution in [0.25, 0.3) is 11.0 Å². The Kier molecular flexibility index (Phi) is 8.59. The zero-order valence-corrected chi connectivity index (χ0v) is 27.4. The monoisotopic (exact) mass is 653 g/mol. The summed E-state index contributed by atoms with van der Waals surface area (Å²) in [5, 5.41) is 0. The molecule has 7 rings (SSSR count). The number of benzene rings is 2. The van der Waals surface area contributed by atoms with E-state index in [0.717, 1.165) is 62.0 Å². The van der Waals surface area contributed by atoms with Crippen molar-refractivity contribution in [3.8, 4) is 0 Å². The highest BCUT2D eigenvalue weighted by Crippen LogP contribution is 2.45. The molecule has 4 saturated heterocycles. The van der Waals surface area contributed by atoms with Crippen molar-refractivity contribution in [2.75, 3.05) is 26.2 Å². The van der Waals surface area contributed by atoms with Gasteiger partial charge in [-0.3, -0.25) is 14.5 Å². The maximum atomic E-state index is 14.6. The summed E-state index contributed by atoms with van der Waals surface area (Å²) in [5.74, 6) is 0.460. The van der Waals surface area contributed by atoms with Gasteiger partial charge in [0.2, 0.25) is 5.91 Å². The number of carbonyl (C=O) groups excluding carboxylic acids is 2. The van der Waals surface area contributed by atoms with Crippen LogP contribution in [-0.4, -0.2) is 85.2 Å². The number of halogens is 3. The summed E-state index contributed by atoms with van der Waals surface area (Å²) < 4.78 is 17.1. The third-order valence-corrected chi connectivity index (χ3v) is 11.7. The molecule has 1 aromatic heterocycles. The van der Waals surface area contributed by atoms with Crippen LogP contribution in [0.15, 0.2) is 48.5 Å². The van der Waals surface area contributed by atoms with Gasteiger partial charge in [-0.2, -0.15) is 0 Å². The van der Waals surface area contributed by atoms with Crippen LogP contribution < -0.4 is 0 Å². The smallest absolute Gasteiger partial charge is 0.256 e. The van der Waals surface area contributed by atoms with Gasteiger partial charge < -0.3 is 14.4 Å². The Labute approximate surface area is 274 Å². The average molecular weight is 655 g/mol. The summed E-state index contributed by atoms with van der Waals surface area (Å²) in [7, 11) is 0. The molecule has 1 unspecified atom stereocenters. The molecule has 5 heterocycles. The van der Waals surface area contributed by atoms with Gasteiger partial charge in [-0.15, -0.1) is 0 Å². The summed E-state index contributed by atoms with van der Waals surface area (Å²) in [6.07, 6.45) is 8.52. The Balaban J connectivity index is 1.05. The summed E-state index contributed by atoms with van der Waals surface area (Å²) in [5.41, 5.74) is 3.12. The molecular formula is C35H42Cl2FN5O2. The van der Waals surface area contributed by atoms with Crippen LogP contribution in [-0.2, 0) is 15.0 Å². The molecule has 45 heavy (non-hydrogen) atoms. The minimum absolute atomic E-state index is 0.0230. The minimum Gasteiger partial charge on any atom is -0.341 e. The number of carbonyl (C=O) groups is 2. The molecular weight excluding hydrogens is 612 g/mol. The van der Waals surface area contributed by atoms with E-state index in [1.54, 1.807) is 11.0 Å². The third kappa shape index (κ3) is 5.76. The van der Waals surface area contributed by atoms with E-state index in [1.165, 1.54) is 24.4 Å². The number of hydrogen-bond acceptors (Lipinski definition) is 4. The number of piperidine rings is 2. The van der Waals surface area contributed by atoms with Crippen LogP contribution in [0.1, 0.15) is 75.2 Å². The molecule has 0 N–H and O–H groups in total. The van der Waals surface area contributed by atoms with Crippen LogP contribution in [0.3, 0.4) is 0 Å². The van der Waals surface area contributed by atoms with Crippen molar-refractivity contribution in [3.63, 3.8) is 0 Å². The SMILES string of the molecule is Cc1nc2ccccc2n1C1C[C@H]2CC[C@@H](C1)N2CCC1(c2cccc(F)c2)CCN(C(=O)[C@H]2CCCN2C(=O)C(Cl)Cl)CC1. The zero-order chi connectivity index (χ0) is 31.3. The van der Waals surface area contributed by atoms with E-state index < -0.39 is 16.8 Å². The van der Waals surface area contributed by atoms with E-state index in [9.17, 15) is 14.0 Å². The maximum Gasteiger partial charge on any atom is 0.256 e. The predicted octanol–water partition coefficient (Wildman–Crippen LogP) is 6.40. The fraction of sp³-hybridized carbons (Fsp3) is 0.571. The van der Waals surface area contributed by atoms with E-state index in [1.807, 2.05) is 11.0 Å². The lowest BCUT2D eigenvalue weighted by Gasteiger charge is -2.46. The Morgan fingerprint density at radius 1 is 0.978 bits per heavy atom. The van der Waals surface area contributed by atoms with Gasteiger partial charge in [-0.1, -0.05) is 47.5 Å². The molecule has 0 saturated carbocycles. The van der Waals surface area contributed by atoms with Crippen LogP contribution in [0.5, 0.6) is 0 Å². The van der Waals surface area contributed by atoms with Crippen LogP contribution in [0, 0.1) is 12.7 Å². The first-order valence-electron chi connectivity index (χ1n) is 16.6. The maximum absolute atomic E-state index is 14.6. The van der Waals surface area contributed by atoms with Gasteiger partial charge in [0.25, 0.3) is 5.91 Å². The van der Waals surface area contributed by atoms with Gasteiger partial charge >= 0.3 is 0 Å². The molecule has 7 nitrogen and oxygen atoms in total. The quantitative estimate of drug-likeness (QED) is 0.277. The number of alkyl halides is 2. The Hall–Kier alpha value is -2.68. The van der Waals surface area contributed by atoms with Gasteiger partial charge in [0.15, 0.2) is 4.84 Å². The fourth-order valence-corrected chi connectivity index (χ4v) is 9.32. The number of rotatable bonds is 7. The number of likely N-dealkylation sites (tertiary alicyclic amines) is 2. The number of amides is 2. The molecule has 0 aliphatic carbocycles. The van der Waals surface area contributed by atoms with E-state index >= 15 is 0 Å². The summed E-state index contributed by atoms with van der Waals surface area (Å²) in [6.45, 7) is 4.76. The molecule has 10 heteroatoms. The van der Waals surface area contributed by atoms with E-state index in [4.69, 9.17) is 28.2 Å². The second kappa shape index (κ2) is 12.5. The number of aromatic nitrogens is 2. The molecule has 3 aromatic rings. The Morgan fingerprint density at radius 2 is 1.71 bits per heavy atom. The average Bonchev–Trinajstić information content (AvgIpc) is 3.72. The zero-order valence-electron chi connectivity index (χ0n) is 25.9. The van der Waals surface area contributed by atoms with Crippen molar-refractivity contribution in [1.82, 2.24) is 24.3 Å². The number of nitrogens with zero attached hydrogens (tertiary/aromatic N) is 5. The molecule has 4 fully saturated rings. The van der Waals surface area contributed by atoms with Gasteiger partial charge in [0.05, 0.1) is 11.0 Å². The number of fused-ring (bicyclic) bond motifs is 3. The van der Waals surface area contributed by atoms with Crippen LogP contribution >= 0.6 is 23.2 Å². The van der Waals surface area contributed by atoms with Gasteiger partial charge in [0, 0.05) is 37.8 Å². The van der Waals surface area contributed by atoms with Crippen molar-refractivity contribution < 1.29 is 14.0 Å². The first-order chi connectivity index (χ1) is 21.7. The third-order valence-electron chi connectivity index (χ3n) is 11.3. The largest absolute Gasteiger partial charge is 0.341 e. The Morgan fingerprint density at radius 3 is 2.42 bits per heavy atom. The highest BCUT2D eigenvalue weighted by Gasteiger charge is 2.45. The lowest BCUT2D eigenvalue weighted by Crippen LogP contribution is -2.53. The molecule has 4 aliphatic heterocycles. The standard InChI is InChI=1S/C35H42Cl2FN5O2/c1-23-39-29-8-2-3-9-30(29)43(23)28-21-26-11-12-27(22-28)41(26)19-15-35(24-6-4-7-25(38)20-24)13-17-40(18-14-35)33(44)31-10-5-16-42(31)34(45)32(36)37/h2-4,6-9,20,26-28,31-32H,5,10-19,21-22H2,1H3/t26-,27+,28?,31-/m1/s1. The normalized spacial score (nSPS) is 26.7. The molecule has 240 valence electrons. The van der Waals surface area contributed by atoms with E-state index in [2.05, 4.69) is 46.7 Å². The number of aryl methyl sites for hydroxylation is 1. The highest BCUT2D eigenvalue weighted by molar-refractivity contribution is 6.53. The van der Waals surface area contributed by atoms with Crippen LogP contribution in [0.4, 0.5) is 4.39 Å². The minimum atomic E-state index is -1.16. The summed E-state index contributed by atoms with van der Waals surface area (Å²) >= 11 is 11.8. The van der Waals surface area contributed by atoms with Crippen LogP contribution in [0.2, 0.25) is 0 Å². The van der Waals surface area contributed by atoms with E-state index in [0.29, 0.717) is 44.2 Å². The lowest BCUT2D eigenvalue weighted by molar-refractivity contribution is -0.144. The van der Waals surface area contributed by atoms with Crippen molar-refractivity contribution in [3.05, 3.63) is 65.7 Å². The Bertz CT molecular complexity index is 1560. The summed E-state index contributed by atoms with van der Waals surface area (Å²) in [4.78, 5) is 36.1. The summed E-state index contributed by atoms with van der Waals surface area (Å²) in [6, 6.07) is 16.5. The highest BCUT2D eigenvalue weighted by atomic mass is 35.5. The number of imidazole rings is 1. The molecule has 2 bridgehead atoms.